The fraction of sp³-hybridized carbons (Fsp3) is 0.240. The molecule has 7 rings (SSSR count). The first-order chi connectivity index (χ1) is 13.2. The van der Waals surface area contributed by atoms with Gasteiger partial charge < -0.3 is 5.11 Å². The van der Waals surface area contributed by atoms with E-state index in [0.717, 1.165) is 31.2 Å². The van der Waals surface area contributed by atoms with Crippen LogP contribution in [0, 0.1) is 0 Å². The van der Waals surface area contributed by atoms with Gasteiger partial charge in [0.25, 0.3) is 0 Å². The molecule has 2 heteroatoms. The minimum Gasteiger partial charge on any atom is -0.508 e. The number of benzene rings is 3. The lowest BCUT2D eigenvalue weighted by Crippen LogP contribution is -2.02. The van der Waals surface area contributed by atoms with Crippen molar-refractivity contribution in [1.29, 1.82) is 0 Å². The number of rotatable bonds is 3. The lowest BCUT2D eigenvalue weighted by Gasteiger charge is -2.14. The van der Waals surface area contributed by atoms with E-state index < -0.39 is 0 Å². The molecule has 0 aliphatic heterocycles. The van der Waals surface area contributed by atoms with Crippen molar-refractivity contribution in [1.82, 2.24) is 0 Å². The normalized spacial score (nSPS) is 14.9. The average molecular weight is 355 g/mol. The molecular formula is C25H25NO. The fourth-order valence-corrected chi connectivity index (χ4v) is 3.69. The van der Waals surface area contributed by atoms with Crippen molar-refractivity contribution >= 4 is 6.21 Å². The maximum absolute atomic E-state index is 10.3. The molecule has 1 atom stereocenters. The third-order valence-electron chi connectivity index (χ3n) is 5.45. The van der Waals surface area contributed by atoms with E-state index >= 15 is 0 Å². The lowest BCUT2D eigenvalue weighted by atomic mass is 9.93. The van der Waals surface area contributed by atoms with Gasteiger partial charge in [0.2, 0.25) is 0 Å². The number of aryl methyl sites for hydroxylation is 4. The molecule has 0 radical (unpaired) electrons. The van der Waals surface area contributed by atoms with Crippen molar-refractivity contribution in [3.63, 3.8) is 0 Å². The Morgan fingerprint density at radius 3 is 2.22 bits per heavy atom. The third-order valence-corrected chi connectivity index (χ3v) is 5.45. The molecule has 1 N–H and O–H groups in total. The highest BCUT2D eigenvalue weighted by molar-refractivity contribution is 5.82. The standard InChI is InChI=1S/C25H25NO/c1-18(21-5-3-2-4-6-21)26-17-24-15-19-7-8-20-10-12-23(25(27)16-20)14-13-22(24)11-9-19/h2-6,9-12,15-18,27H,7-8,13-14H2,1H3/t18-/m0/s1. The van der Waals surface area contributed by atoms with Crippen molar-refractivity contribution in [3.8, 4) is 5.75 Å². The number of phenolic OH excluding ortho intramolecular Hbond substituents is 1. The molecule has 2 nitrogen and oxygen atoms in total. The first-order valence-corrected chi connectivity index (χ1v) is 9.70. The zero-order valence-corrected chi connectivity index (χ0v) is 15.7. The summed E-state index contributed by atoms with van der Waals surface area (Å²) in [5.41, 5.74) is 7.23. The van der Waals surface area contributed by atoms with E-state index in [0.29, 0.717) is 5.75 Å². The molecule has 0 unspecified atom stereocenters. The van der Waals surface area contributed by atoms with Gasteiger partial charge in [-0.1, -0.05) is 54.6 Å². The Morgan fingerprint density at radius 1 is 0.815 bits per heavy atom. The van der Waals surface area contributed by atoms with E-state index in [-0.39, 0.29) is 6.04 Å². The molecule has 0 fully saturated rings. The van der Waals surface area contributed by atoms with Crippen molar-refractivity contribution in [2.24, 2.45) is 4.99 Å². The molecule has 4 aliphatic rings. The predicted octanol–water partition coefficient (Wildman–Crippen LogP) is 5.46. The second-order valence-electron chi connectivity index (χ2n) is 7.36. The van der Waals surface area contributed by atoms with Crippen LogP contribution in [0.3, 0.4) is 0 Å². The molecule has 3 aromatic rings. The zero-order valence-electron chi connectivity index (χ0n) is 15.7. The number of aromatic hydroxyl groups is 1. The van der Waals surface area contributed by atoms with Gasteiger partial charge in [-0.3, -0.25) is 4.99 Å². The summed E-state index contributed by atoms with van der Waals surface area (Å²) in [7, 11) is 0. The van der Waals surface area contributed by atoms with Gasteiger partial charge in [0.15, 0.2) is 0 Å². The second-order valence-corrected chi connectivity index (χ2v) is 7.36. The van der Waals surface area contributed by atoms with Crippen molar-refractivity contribution in [2.75, 3.05) is 0 Å². The molecule has 27 heavy (non-hydrogen) atoms. The summed E-state index contributed by atoms with van der Waals surface area (Å²) < 4.78 is 0. The molecular weight excluding hydrogens is 330 g/mol. The monoisotopic (exact) mass is 355 g/mol. The Morgan fingerprint density at radius 2 is 1.48 bits per heavy atom. The summed E-state index contributed by atoms with van der Waals surface area (Å²) in [5.74, 6) is 0.426. The van der Waals surface area contributed by atoms with Gasteiger partial charge in [-0.15, -0.1) is 0 Å². The van der Waals surface area contributed by atoms with Crippen molar-refractivity contribution in [2.45, 2.75) is 38.6 Å². The number of nitrogens with zero attached hydrogens (tertiary/aromatic N) is 1. The largest absolute Gasteiger partial charge is 0.508 e. The number of hydrogen-bond acceptors (Lipinski definition) is 2. The van der Waals surface area contributed by atoms with Crippen LogP contribution in [0.15, 0.2) is 71.7 Å². The number of phenols is 1. The molecule has 4 bridgehead atoms. The van der Waals surface area contributed by atoms with Crippen LogP contribution < -0.4 is 0 Å². The molecule has 0 aromatic heterocycles. The zero-order chi connectivity index (χ0) is 18.6. The number of aliphatic imine (C=N–C) groups is 1. The molecule has 0 amide bonds. The highest BCUT2D eigenvalue weighted by atomic mass is 16.3. The Kier molecular flexibility index (Phi) is 5.06. The van der Waals surface area contributed by atoms with Gasteiger partial charge in [-0.05, 0) is 78.1 Å². The first-order valence-electron chi connectivity index (χ1n) is 9.70. The predicted molar refractivity (Wildman–Crippen MR) is 112 cm³/mol. The van der Waals surface area contributed by atoms with Crippen LogP contribution in [-0.4, -0.2) is 11.3 Å². The van der Waals surface area contributed by atoms with E-state index in [1.807, 2.05) is 18.3 Å². The van der Waals surface area contributed by atoms with E-state index in [9.17, 15) is 5.11 Å². The average Bonchev–Trinajstić information content (AvgIpc) is 2.69. The van der Waals surface area contributed by atoms with Gasteiger partial charge >= 0.3 is 0 Å². The van der Waals surface area contributed by atoms with Gasteiger partial charge in [0, 0.05) is 6.21 Å². The number of hydrogen-bond donors (Lipinski definition) is 1. The van der Waals surface area contributed by atoms with Crippen LogP contribution in [-0.2, 0) is 25.7 Å². The van der Waals surface area contributed by atoms with Gasteiger partial charge in [0.05, 0.1) is 6.04 Å². The molecule has 3 aromatic carbocycles. The summed E-state index contributed by atoms with van der Waals surface area (Å²) in [6.07, 6.45) is 5.66. The van der Waals surface area contributed by atoms with E-state index in [2.05, 4.69) is 61.5 Å². The minimum atomic E-state index is 0.137. The van der Waals surface area contributed by atoms with Crippen LogP contribution in [0.5, 0.6) is 5.75 Å². The van der Waals surface area contributed by atoms with E-state index in [1.165, 1.54) is 27.8 Å². The molecule has 0 heterocycles. The Bertz CT molecular complexity index is 959. The lowest BCUT2D eigenvalue weighted by molar-refractivity contribution is 0.467. The molecule has 0 saturated heterocycles. The quantitative estimate of drug-likeness (QED) is 0.622. The summed E-state index contributed by atoms with van der Waals surface area (Å²) in [6.45, 7) is 2.13. The molecule has 0 spiro atoms. The smallest absolute Gasteiger partial charge is 0.119 e. The van der Waals surface area contributed by atoms with Gasteiger partial charge in [-0.2, -0.15) is 0 Å². The molecule has 0 saturated carbocycles. The van der Waals surface area contributed by atoms with Crippen LogP contribution >= 0.6 is 0 Å². The highest BCUT2D eigenvalue weighted by Crippen LogP contribution is 2.25. The maximum Gasteiger partial charge on any atom is 0.119 e. The highest BCUT2D eigenvalue weighted by Gasteiger charge is 2.10. The van der Waals surface area contributed by atoms with Crippen molar-refractivity contribution in [3.05, 3.63) is 100 Å². The minimum absolute atomic E-state index is 0.137. The summed E-state index contributed by atoms with van der Waals surface area (Å²) in [5, 5.41) is 10.3. The van der Waals surface area contributed by atoms with Crippen LogP contribution in [0.4, 0.5) is 0 Å². The van der Waals surface area contributed by atoms with Crippen LogP contribution in [0.2, 0.25) is 0 Å². The van der Waals surface area contributed by atoms with Gasteiger partial charge in [0.1, 0.15) is 5.75 Å². The molecule has 4 aliphatic carbocycles. The topological polar surface area (TPSA) is 32.6 Å². The Labute approximate surface area is 161 Å². The SMILES string of the molecule is C[C@H](N=Cc1cc2ccc1CCc1ccc(cc1O)CC2)c1ccccc1. The Hall–Kier alpha value is -2.87. The molecule has 136 valence electrons. The second kappa shape index (κ2) is 7.79. The fourth-order valence-electron chi connectivity index (χ4n) is 3.69. The summed E-state index contributed by atoms with van der Waals surface area (Å²) in [4.78, 5) is 4.82. The van der Waals surface area contributed by atoms with Gasteiger partial charge in [-0.25, -0.2) is 0 Å². The Balaban J connectivity index is 1.63. The first kappa shape index (κ1) is 17.5. The van der Waals surface area contributed by atoms with Crippen molar-refractivity contribution < 1.29 is 5.11 Å². The summed E-state index contributed by atoms with van der Waals surface area (Å²) >= 11 is 0. The van der Waals surface area contributed by atoms with E-state index in [1.54, 1.807) is 0 Å². The third kappa shape index (κ3) is 4.11. The summed E-state index contributed by atoms with van der Waals surface area (Å²) in [6, 6.07) is 23.4. The van der Waals surface area contributed by atoms with Crippen LogP contribution in [0.1, 0.15) is 46.3 Å². The van der Waals surface area contributed by atoms with E-state index in [4.69, 9.17) is 4.99 Å². The van der Waals surface area contributed by atoms with Crippen LogP contribution in [0.25, 0.3) is 0 Å². The maximum atomic E-state index is 10.3.